The summed E-state index contributed by atoms with van der Waals surface area (Å²) < 4.78 is 26.4. The number of rotatable bonds is 2. The Balaban J connectivity index is 1.57. The number of hydrogen-bond donors (Lipinski definition) is 1. The number of benzene rings is 1. The fourth-order valence-electron chi connectivity index (χ4n) is 2.88. The van der Waals surface area contributed by atoms with Gasteiger partial charge in [0.15, 0.2) is 5.96 Å². The zero-order chi connectivity index (χ0) is 14.1. The second-order valence-electron chi connectivity index (χ2n) is 5.69. The van der Waals surface area contributed by atoms with Crippen molar-refractivity contribution in [2.45, 2.75) is 31.2 Å². The topological polar surface area (TPSA) is 27.6 Å². The Morgan fingerprint density at radius 3 is 2.55 bits per heavy atom. The van der Waals surface area contributed by atoms with Crippen LogP contribution in [0.3, 0.4) is 0 Å². The molecule has 3 rings (SSSR count). The summed E-state index contributed by atoms with van der Waals surface area (Å²) in [4.78, 5) is 6.59. The van der Waals surface area contributed by atoms with Crippen molar-refractivity contribution in [2.75, 3.05) is 20.1 Å². The first kappa shape index (κ1) is 13.3. The third-order valence-electron chi connectivity index (χ3n) is 4.10. The summed E-state index contributed by atoms with van der Waals surface area (Å²) in [5.74, 6) is 0.206. The molecule has 1 saturated carbocycles. The maximum absolute atomic E-state index is 13.2. The number of nitrogens with one attached hydrogen (secondary N) is 1. The molecule has 5 heteroatoms. The van der Waals surface area contributed by atoms with Gasteiger partial charge in [-0.1, -0.05) is 0 Å². The Labute approximate surface area is 117 Å². The summed E-state index contributed by atoms with van der Waals surface area (Å²) >= 11 is 0. The van der Waals surface area contributed by atoms with Crippen molar-refractivity contribution in [2.24, 2.45) is 4.99 Å². The Hall–Kier alpha value is -1.65. The highest BCUT2D eigenvalue weighted by molar-refractivity contribution is 5.80. The molecule has 1 N–H and O–H groups in total. The zero-order valence-corrected chi connectivity index (χ0v) is 11.6. The van der Waals surface area contributed by atoms with E-state index >= 15 is 0 Å². The number of nitrogens with zero attached hydrogens (tertiary/aromatic N) is 2. The molecule has 108 valence electrons. The minimum absolute atomic E-state index is 0.243. The molecule has 1 aliphatic carbocycles. The van der Waals surface area contributed by atoms with Gasteiger partial charge in [0.2, 0.25) is 0 Å². The van der Waals surface area contributed by atoms with Gasteiger partial charge in [-0.15, -0.1) is 0 Å². The van der Waals surface area contributed by atoms with Gasteiger partial charge < -0.3 is 10.2 Å². The monoisotopic (exact) mass is 279 g/mol. The standard InChI is InChI=1S/C15H19F2N3/c1-20-4-2-3-18-15(20)19-14-7-11(8-14)10-5-12(16)9-13(17)6-10/h5-6,9,11,14H,2-4,7-8H2,1H3,(H,18,19). The molecular weight excluding hydrogens is 260 g/mol. The fourth-order valence-corrected chi connectivity index (χ4v) is 2.88. The van der Waals surface area contributed by atoms with Gasteiger partial charge >= 0.3 is 0 Å². The SMILES string of the molecule is CN1CCCN=C1NC1CC(c2cc(F)cc(F)c2)C1. The lowest BCUT2D eigenvalue weighted by Crippen LogP contribution is -2.50. The van der Waals surface area contributed by atoms with Crippen molar-refractivity contribution >= 4 is 5.96 Å². The normalized spacial score (nSPS) is 25.9. The molecule has 0 amide bonds. The van der Waals surface area contributed by atoms with E-state index in [4.69, 9.17) is 0 Å². The van der Waals surface area contributed by atoms with E-state index in [9.17, 15) is 8.78 Å². The van der Waals surface area contributed by atoms with E-state index in [1.807, 2.05) is 7.05 Å². The van der Waals surface area contributed by atoms with Crippen LogP contribution in [0.5, 0.6) is 0 Å². The lowest BCUT2D eigenvalue weighted by Gasteiger charge is -2.39. The summed E-state index contributed by atoms with van der Waals surface area (Å²) in [6, 6.07) is 4.15. The fraction of sp³-hybridized carbons (Fsp3) is 0.533. The maximum Gasteiger partial charge on any atom is 0.193 e. The summed E-state index contributed by atoms with van der Waals surface area (Å²) in [6.07, 6.45) is 2.89. The summed E-state index contributed by atoms with van der Waals surface area (Å²) in [7, 11) is 2.03. The highest BCUT2D eigenvalue weighted by Gasteiger charge is 2.32. The summed E-state index contributed by atoms with van der Waals surface area (Å²) in [6.45, 7) is 1.90. The van der Waals surface area contributed by atoms with Crippen molar-refractivity contribution in [3.63, 3.8) is 0 Å². The largest absolute Gasteiger partial charge is 0.353 e. The molecule has 0 radical (unpaired) electrons. The smallest absolute Gasteiger partial charge is 0.193 e. The van der Waals surface area contributed by atoms with Crippen LogP contribution in [0.4, 0.5) is 8.78 Å². The van der Waals surface area contributed by atoms with Gasteiger partial charge in [0.25, 0.3) is 0 Å². The summed E-state index contributed by atoms with van der Waals surface area (Å²) in [5.41, 5.74) is 0.763. The number of hydrogen-bond acceptors (Lipinski definition) is 3. The van der Waals surface area contributed by atoms with Gasteiger partial charge in [-0.3, -0.25) is 4.99 Å². The molecule has 1 fully saturated rings. The van der Waals surface area contributed by atoms with E-state index < -0.39 is 11.6 Å². The Bertz CT molecular complexity index is 504. The molecule has 1 aromatic carbocycles. The van der Waals surface area contributed by atoms with Crippen molar-refractivity contribution in [1.29, 1.82) is 0 Å². The molecule has 0 atom stereocenters. The molecule has 3 nitrogen and oxygen atoms in total. The molecule has 20 heavy (non-hydrogen) atoms. The average molecular weight is 279 g/mol. The molecule has 1 heterocycles. The average Bonchev–Trinajstić information content (AvgIpc) is 2.34. The van der Waals surface area contributed by atoms with Crippen LogP contribution < -0.4 is 5.32 Å². The van der Waals surface area contributed by atoms with Crippen LogP contribution in [0.15, 0.2) is 23.2 Å². The first-order chi connectivity index (χ1) is 9.61. The third-order valence-corrected chi connectivity index (χ3v) is 4.10. The first-order valence-electron chi connectivity index (χ1n) is 7.10. The van der Waals surface area contributed by atoms with Crippen LogP contribution >= 0.6 is 0 Å². The highest BCUT2D eigenvalue weighted by atomic mass is 19.1. The van der Waals surface area contributed by atoms with Gasteiger partial charge in [-0.05, 0) is 42.9 Å². The van der Waals surface area contributed by atoms with Gasteiger partial charge in [0.1, 0.15) is 11.6 Å². The molecule has 1 aliphatic heterocycles. The Kier molecular flexibility index (Phi) is 3.59. The van der Waals surface area contributed by atoms with Gasteiger partial charge in [-0.2, -0.15) is 0 Å². The number of halogens is 2. The van der Waals surface area contributed by atoms with Crippen LogP contribution in [-0.4, -0.2) is 37.0 Å². The highest BCUT2D eigenvalue weighted by Crippen LogP contribution is 2.37. The lowest BCUT2D eigenvalue weighted by molar-refractivity contribution is 0.307. The lowest BCUT2D eigenvalue weighted by atomic mass is 9.76. The van der Waals surface area contributed by atoms with Gasteiger partial charge in [0, 0.05) is 32.2 Å². The maximum atomic E-state index is 13.2. The molecule has 0 unspecified atom stereocenters. The van der Waals surface area contributed by atoms with Crippen LogP contribution in [-0.2, 0) is 0 Å². The molecule has 1 aromatic rings. The van der Waals surface area contributed by atoms with Crippen molar-refractivity contribution in [1.82, 2.24) is 10.2 Å². The van der Waals surface area contributed by atoms with Crippen LogP contribution in [0, 0.1) is 11.6 Å². The molecule has 0 spiro atoms. The van der Waals surface area contributed by atoms with Crippen molar-refractivity contribution in [3.05, 3.63) is 35.4 Å². The van der Waals surface area contributed by atoms with E-state index in [2.05, 4.69) is 15.2 Å². The minimum Gasteiger partial charge on any atom is -0.353 e. The van der Waals surface area contributed by atoms with E-state index in [0.29, 0.717) is 6.04 Å². The summed E-state index contributed by atoms with van der Waals surface area (Å²) in [5, 5.41) is 3.42. The number of guanidine groups is 1. The van der Waals surface area contributed by atoms with Gasteiger partial charge in [0.05, 0.1) is 0 Å². The van der Waals surface area contributed by atoms with E-state index in [-0.39, 0.29) is 5.92 Å². The second-order valence-corrected chi connectivity index (χ2v) is 5.69. The Morgan fingerprint density at radius 1 is 1.20 bits per heavy atom. The molecule has 0 saturated heterocycles. The van der Waals surface area contributed by atoms with E-state index in [1.54, 1.807) is 0 Å². The Morgan fingerprint density at radius 2 is 1.90 bits per heavy atom. The van der Waals surface area contributed by atoms with Crippen LogP contribution in [0.25, 0.3) is 0 Å². The minimum atomic E-state index is -0.493. The zero-order valence-electron chi connectivity index (χ0n) is 11.6. The van der Waals surface area contributed by atoms with E-state index in [1.165, 1.54) is 12.1 Å². The van der Waals surface area contributed by atoms with Crippen molar-refractivity contribution < 1.29 is 8.78 Å². The quantitative estimate of drug-likeness (QED) is 0.900. The molecular formula is C15H19F2N3. The second kappa shape index (κ2) is 5.38. The van der Waals surface area contributed by atoms with Gasteiger partial charge in [-0.25, -0.2) is 8.78 Å². The molecule has 0 bridgehead atoms. The van der Waals surface area contributed by atoms with Crippen LogP contribution in [0.1, 0.15) is 30.7 Å². The molecule has 2 aliphatic rings. The van der Waals surface area contributed by atoms with Crippen molar-refractivity contribution in [3.8, 4) is 0 Å². The predicted octanol–water partition coefficient (Wildman–Crippen LogP) is 2.49. The molecule has 0 aromatic heterocycles. The third kappa shape index (κ3) is 2.76. The van der Waals surface area contributed by atoms with E-state index in [0.717, 1.165) is 49.9 Å². The first-order valence-corrected chi connectivity index (χ1v) is 7.10. The number of aliphatic imine (C=N–C) groups is 1. The predicted molar refractivity (Wildman–Crippen MR) is 74.8 cm³/mol. The van der Waals surface area contributed by atoms with Crippen LogP contribution in [0.2, 0.25) is 0 Å².